The Morgan fingerprint density at radius 3 is 1.50 bits per heavy atom. The maximum atomic E-state index is 6.16. The van der Waals surface area contributed by atoms with Crippen molar-refractivity contribution >= 4 is 32.3 Å². The second-order valence-corrected chi connectivity index (χ2v) is 8.42. The van der Waals surface area contributed by atoms with E-state index in [1.54, 1.807) is 21.3 Å². The quantitative estimate of drug-likeness (QED) is 0.253. The fourth-order valence-corrected chi connectivity index (χ4v) is 5.17. The highest BCUT2D eigenvalue weighted by Crippen LogP contribution is 2.50. The Hall–Kier alpha value is -4.24. The van der Waals surface area contributed by atoms with Gasteiger partial charge in [-0.2, -0.15) is 0 Å². The molecule has 0 radical (unpaired) electrons. The van der Waals surface area contributed by atoms with Crippen molar-refractivity contribution in [3.8, 4) is 39.5 Å². The third-order valence-corrected chi connectivity index (χ3v) is 6.73. The second kappa shape index (κ2) is 7.96. The largest absolute Gasteiger partial charge is 0.497 e. The summed E-state index contributed by atoms with van der Waals surface area (Å²) in [6.45, 7) is 0. The molecule has 0 spiro atoms. The van der Waals surface area contributed by atoms with Gasteiger partial charge in [0.05, 0.1) is 21.3 Å². The lowest BCUT2D eigenvalue weighted by Crippen LogP contribution is -1.97. The summed E-state index contributed by atoms with van der Waals surface area (Å²) in [4.78, 5) is 0. The number of methoxy groups -OCH3 is 3. The van der Waals surface area contributed by atoms with E-state index in [2.05, 4.69) is 66.7 Å². The number of ether oxygens (including phenoxy) is 3. The summed E-state index contributed by atoms with van der Waals surface area (Å²) in [6.07, 6.45) is 0. The van der Waals surface area contributed by atoms with Crippen molar-refractivity contribution in [2.45, 2.75) is 0 Å². The van der Waals surface area contributed by atoms with Crippen LogP contribution in [0, 0.1) is 0 Å². The first-order valence-electron chi connectivity index (χ1n) is 11.3. The molecule has 0 bridgehead atoms. The van der Waals surface area contributed by atoms with Gasteiger partial charge >= 0.3 is 0 Å². The monoisotopic (exact) mass is 444 g/mol. The van der Waals surface area contributed by atoms with Crippen LogP contribution in [0.5, 0.6) is 17.2 Å². The Labute approximate surface area is 198 Å². The molecule has 0 saturated carbocycles. The number of hydrogen-bond donors (Lipinski definition) is 0. The fourth-order valence-electron chi connectivity index (χ4n) is 5.17. The summed E-state index contributed by atoms with van der Waals surface area (Å²) in [5.74, 6) is 2.53. The molecule has 0 fully saturated rings. The predicted octanol–water partition coefficient (Wildman–Crippen LogP) is 7.94. The Kier molecular flexibility index (Phi) is 4.77. The standard InChI is InChI=1S/C31H24O3/c1-32-23-13-7-21(8-14-23)28-25-17-11-19-5-4-6-20-12-18-26(30(25)27(19)20)31(34-3)29(28)22-9-15-24(33-2)16-10-22/h4-18H,1-3H3. The average molecular weight is 445 g/mol. The topological polar surface area (TPSA) is 27.7 Å². The average Bonchev–Trinajstić information content (AvgIpc) is 2.91. The minimum absolute atomic E-state index is 0.825. The molecule has 0 heterocycles. The van der Waals surface area contributed by atoms with Crippen LogP contribution >= 0.6 is 0 Å². The number of hydrogen-bond acceptors (Lipinski definition) is 3. The number of rotatable bonds is 5. The summed E-state index contributed by atoms with van der Waals surface area (Å²) < 4.78 is 17.0. The molecule has 0 aliphatic heterocycles. The van der Waals surface area contributed by atoms with Crippen LogP contribution < -0.4 is 14.2 Å². The first-order chi connectivity index (χ1) is 16.7. The Morgan fingerprint density at radius 2 is 0.971 bits per heavy atom. The lowest BCUT2D eigenvalue weighted by Gasteiger charge is -2.22. The molecule has 0 N–H and O–H groups in total. The second-order valence-electron chi connectivity index (χ2n) is 8.42. The van der Waals surface area contributed by atoms with Crippen molar-refractivity contribution < 1.29 is 14.2 Å². The van der Waals surface area contributed by atoms with Crippen LogP contribution in [-0.2, 0) is 0 Å². The van der Waals surface area contributed by atoms with Gasteiger partial charge in [0, 0.05) is 21.9 Å². The van der Waals surface area contributed by atoms with Gasteiger partial charge < -0.3 is 14.2 Å². The van der Waals surface area contributed by atoms with Gasteiger partial charge in [-0.05, 0) is 63.0 Å². The first kappa shape index (κ1) is 20.4. The zero-order valence-electron chi connectivity index (χ0n) is 19.4. The zero-order chi connectivity index (χ0) is 23.2. The van der Waals surface area contributed by atoms with Gasteiger partial charge in [0.15, 0.2) is 0 Å². The molecule has 0 atom stereocenters. The van der Waals surface area contributed by atoms with Gasteiger partial charge in [-0.3, -0.25) is 0 Å². The predicted molar refractivity (Wildman–Crippen MR) is 141 cm³/mol. The van der Waals surface area contributed by atoms with E-state index in [-0.39, 0.29) is 0 Å². The van der Waals surface area contributed by atoms with Gasteiger partial charge in [0.1, 0.15) is 17.2 Å². The van der Waals surface area contributed by atoms with Crippen molar-refractivity contribution in [2.24, 2.45) is 0 Å². The first-order valence-corrected chi connectivity index (χ1v) is 11.3. The number of benzene rings is 6. The van der Waals surface area contributed by atoms with E-state index in [0.29, 0.717) is 0 Å². The van der Waals surface area contributed by atoms with E-state index in [9.17, 15) is 0 Å². The van der Waals surface area contributed by atoms with Crippen LogP contribution in [0.4, 0.5) is 0 Å². The summed E-state index contributed by atoms with van der Waals surface area (Å²) in [7, 11) is 5.14. The van der Waals surface area contributed by atoms with E-state index < -0.39 is 0 Å². The zero-order valence-corrected chi connectivity index (χ0v) is 19.4. The molecule has 6 aromatic carbocycles. The fraction of sp³-hybridized carbons (Fsp3) is 0.0968. The third-order valence-electron chi connectivity index (χ3n) is 6.73. The van der Waals surface area contributed by atoms with Crippen LogP contribution in [0.15, 0.2) is 91.0 Å². The molecule has 34 heavy (non-hydrogen) atoms. The summed E-state index contributed by atoms with van der Waals surface area (Å²) in [6, 6.07) is 31.8. The molecule has 0 amide bonds. The minimum atomic E-state index is 0.825. The molecule has 0 saturated heterocycles. The van der Waals surface area contributed by atoms with Gasteiger partial charge in [0.25, 0.3) is 0 Å². The van der Waals surface area contributed by atoms with Gasteiger partial charge in [0.2, 0.25) is 0 Å². The molecule has 6 rings (SSSR count). The molecule has 166 valence electrons. The lowest BCUT2D eigenvalue weighted by atomic mass is 9.84. The molecule has 6 aromatic rings. The van der Waals surface area contributed by atoms with Crippen LogP contribution in [0.2, 0.25) is 0 Å². The van der Waals surface area contributed by atoms with Crippen LogP contribution in [0.3, 0.4) is 0 Å². The lowest BCUT2D eigenvalue weighted by molar-refractivity contribution is 0.414. The maximum Gasteiger partial charge on any atom is 0.135 e. The Balaban J connectivity index is 1.81. The highest BCUT2D eigenvalue weighted by molar-refractivity contribution is 6.29. The molecule has 0 aliphatic rings. The third kappa shape index (κ3) is 2.97. The molecule has 0 aromatic heterocycles. The van der Waals surface area contributed by atoms with Crippen LogP contribution in [-0.4, -0.2) is 21.3 Å². The summed E-state index contributed by atoms with van der Waals surface area (Å²) in [5.41, 5.74) is 4.41. The van der Waals surface area contributed by atoms with Gasteiger partial charge in [-0.15, -0.1) is 0 Å². The molecular formula is C31H24O3. The Morgan fingerprint density at radius 1 is 0.441 bits per heavy atom. The minimum Gasteiger partial charge on any atom is -0.497 e. The maximum absolute atomic E-state index is 6.16. The summed E-state index contributed by atoms with van der Waals surface area (Å²) in [5, 5.41) is 7.29. The highest BCUT2D eigenvalue weighted by Gasteiger charge is 2.23. The van der Waals surface area contributed by atoms with Crippen LogP contribution in [0.1, 0.15) is 0 Å². The SMILES string of the molecule is COc1ccc(-c2c(OC)c3ccc4cccc5ccc(c2-c2ccc(OC)cc2)c3c45)cc1. The highest BCUT2D eigenvalue weighted by atomic mass is 16.5. The van der Waals surface area contributed by atoms with Crippen molar-refractivity contribution in [3.05, 3.63) is 91.0 Å². The van der Waals surface area contributed by atoms with Crippen molar-refractivity contribution in [3.63, 3.8) is 0 Å². The smallest absolute Gasteiger partial charge is 0.135 e. The normalized spacial score (nSPS) is 11.4. The van der Waals surface area contributed by atoms with E-state index in [1.165, 1.54) is 26.9 Å². The van der Waals surface area contributed by atoms with Crippen LogP contribution in [0.25, 0.3) is 54.6 Å². The molecule has 0 aliphatic carbocycles. The molecule has 0 unspecified atom stereocenters. The molecular weight excluding hydrogens is 420 g/mol. The van der Waals surface area contributed by atoms with E-state index in [4.69, 9.17) is 14.2 Å². The van der Waals surface area contributed by atoms with E-state index >= 15 is 0 Å². The molecule has 3 nitrogen and oxygen atoms in total. The van der Waals surface area contributed by atoms with Gasteiger partial charge in [-0.25, -0.2) is 0 Å². The van der Waals surface area contributed by atoms with E-state index in [0.717, 1.165) is 44.9 Å². The van der Waals surface area contributed by atoms with Crippen molar-refractivity contribution in [2.75, 3.05) is 21.3 Å². The van der Waals surface area contributed by atoms with Gasteiger partial charge in [-0.1, -0.05) is 60.7 Å². The van der Waals surface area contributed by atoms with Crippen molar-refractivity contribution in [1.29, 1.82) is 0 Å². The molecule has 3 heteroatoms. The summed E-state index contributed by atoms with van der Waals surface area (Å²) >= 11 is 0. The van der Waals surface area contributed by atoms with E-state index in [1.807, 2.05) is 24.3 Å². The van der Waals surface area contributed by atoms with Crippen molar-refractivity contribution in [1.82, 2.24) is 0 Å². The Bertz CT molecular complexity index is 1620.